The van der Waals surface area contributed by atoms with Gasteiger partial charge in [0, 0.05) is 42.2 Å². The molecule has 2 aromatic rings. The highest BCUT2D eigenvalue weighted by molar-refractivity contribution is 5.96. The van der Waals surface area contributed by atoms with E-state index in [4.69, 9.17) is 0 Å². The molecule has 2 N–H and O–H groups in total. The van der Waals surface area contributed by atoms with Gasteiger partial charge in [0.05, 0.1) is 11.5 Å². The molecule has 2 aromatic carbocycles. The second-order valence-corrected chi connectivity index (χ2v) is 6.73. The highest BCUT2D eigenvalue weighted by atomic mass is 16.6. The summed E-state index contributed by atoms with van der Waals surface area (Å²) in [4.78, 5) is 36.6. The summed E-state index contributed by atoms with van der Waals surface area (Å²) < 4.78 is 0. The number of nitro benzene ring substituents is 1. The number of anilines is 2. The Morgan fingerprint density at radius 2 is 1.79 bits per heavy atom. The number of hydrogen-bond acceptors (Lipinski definition) is 5. The molecule has 3 rings (SSSR count). The van der Waals surface area contributed by atoms with Crippen molar-refractivity contribution in [2.75, 3.05) is 30.3 Å². The van der Waals surface area contributed by atoms with Crippen molar-refractivity contribution in [2.45, 2.75) is 19.8 Å². The number of hydrogen-bond donors (Lipinski definition) is 2. The van der Waals surface area contributed by atoms with Crippen molar-refractivity contribution in [1.29, 1.82) is 0 Å². The molecular formula is C20H22N4O4. The van der Waals surface area contributed by atoms with Gasteiger partial charge in [0.1, 0.15) is 0 Å². The first-order chi connectivity index (χ1) is 13.4. The maximum atomic E-state index is 12.3. The van der Waals surface area contributed by atoms with Gasteiger partial charge in [-0.3, -0.25) is 19.7 Å². The number of likely N-dealkylation sites (tertiary alicyclic amines) is 1. The first-order valence-corrected chi connectivity index (χ1v) is 9.12. The Bertz CT molecular complexity index is 890. The number of aryl methyl sites for hydroxylation is 1. The molecule has 0 unspecified atom stereocenters. The first-order valence-electron chi connectivity index (χ1n) is 9.12. The predicted molar refractivity (Wildman–Crippen MR) is 107 cm³/mol. The van der Waals surface area contributed by atoms with Crippen LogP contribution in [0.25, 0.3) is 0 Å². The highest BCUT2D eigenvalue weighted by Crippen LogP contribution is 2.21. The summed E-state index contributed by atoms with van der Waals surface area (Å²) in [5, 5.41) is 16.5. The van der Waals surface area contributed by atoms with Crippen LogP contribution in [0.3, 0.4) is 0 Å². The van der Waals surface area contributed by atoms with Crippen LogP contribution in [-0.4, -0.2) is 41.3 Å². The monoisotopic (exact) mass is 382 g/mol. The molecule has 1 fully saturated rings. The molecule has 0 spiro atoms. The van der Waals surface area contributed by atoms with Crippen molar-refractivity contribution in [3.63, 3.8) is 0 Å². The Morgan fingerprint density at radius 1 is 1.11 bits per heavy atom. The number of non-ortho nitro benzene ring substituents is 1. The van der Waals surface area contributed by atoms with E-state index < -0.39 is 4.92 Å². The number of carbonyl (C=O) groups is 2. The largest absolute Gasteiger partial charge is 0.376 e. The van der Waals surface area contributed by atoms with E-state index in [1.165, 1.54) is 18.2 Å². The van der Waals surface area contributed by atoms with E-state index in [0.717, 1.165) is 31.6 Å². The summed E-state index contributed by atoms with van der Waals surface area (Å²) >= 11 is 0. The second kappa shape index (κ2) is 8.51. The van der Waals surface area contributed by atoms with Gasteiger partial charge in [0.25, 0.3) is 11.6 Å². The third kappa shape index (κ3) is 4.64. The number of nitrogens with zero attached hydrogens (tertiary/aromatic N) is 2. The maximum absolute atomic E-state index is 12.3. The molecule has 146 valence electrons. The first kappa shape index (κ1) is 19.3. The van der Waals surface area contributed by atoms with E-state index >= 15 is 0 Å². The normalized spacial score (nSPS) is 13.2. The summed E-state index contributed by atoms with van der Waals surface area (Å²) in [6, 6.07) is 11.3. The van der Waals surface area contributed by atoms with Gasteiger partial charge in [-0.05, 0) is 55.7 Å². The minimum Gasteiger partial charge on any atom is -0.376 e. The van der Waals surface area contributed by atoms with Gasteiger partial charge >= 0.3 is 0 Å². The quantitative estimate of drug-likeness (QED) is 0.590. The van der Waals surface area contributed by atoms with Gasteiger partial charge in [-0.1, -0.05) is 0 Å². The zero-order chi connectivity index (χ0) is 20.1. The van der Waals surface area contributed by atoms with Crippen LogP contribution >= 0.6 is 0 Å². The SMILES string of the molecule is Cc1cc([N+](=O)[O-])ccc1NC(=O)CNc1ccc(C(=O)N2CCCC2)cc1. The predicted octanol–water partition coefficient (Wildman–Crippen LogP) is 3.19. The van der Waals surface area contributed by atoms with E-state index in [0.29, 0.717) is 16.8 Å². The molecule has 1 heterocycles. The van der Waals surface area contributed by atoms with E-state index in [1.807, 2.05) is 4.90 Å². The molecular weight excluding hydrogens is 360 g/mol. The molecule has 0 atom stereocenters. The summed E-state index contributed by atoms with van der Waals surface area (Å²) in [5.41, 5.74) is 2.50. The Balaban J connectivity index is 1.53. The van der Waals surface area contributed by atoms with E-state index in [2.05, 4.69) is 10.6 Å². The van der Waals surface area contributed by atoms with Crippen LogP contribution in [0, 0.1) is 17.0 Å². The van der Waals surface area contributed by atoms with Crippen LogP contribution in [0.1, 0.15) is 28.8 Å². The molecule has 1 aliphatic heterocycles. The van der Waals surface area contributed by atoms with Crippen LogP contribution < -0.4 is 10.6 Å². The number of rotatable bonds is 6. The van der Waals surface area contributed by atoms with Gasteiger partial charge in [-0.15, -0.1) is 0 Å². The van der Waals surface area contributed by atoms with Crippen LogP contribution in [0.4, 0.5) is 17.1 Å². The molecule has 8 nitrogen and oxygen atoms in total. The van der Waals surface area contributed by atoms with E-state index in [9.17, 15) is 19.7 Å². The molecule has 0 saturated carbocycles. The molecule has 0 bridgehead atoms. The average molecular weight is 382 g/mol. The Morgan fingerprint density at radius 3 is 2.39 bits per heavy atom. The highest BCUT2D eigenvalue weighted by Gasteiger charge is 2.19. The topological polar surface area (TPSA) is 105 Å². The molecule has 0 radical (unpaired) electrons. The molecule has 0 aromatic heterocycles. The van der Waals surface area contributed by atoms with Crippen LogP contribution in [0.2, 0.25) is 0 Å². The van der Waals surface area contributed by atoms with Gasteiger partial charge in [-0.2, -0.15) is 0 Å². The van der Waals surface area contributed by atoms with Crippen molar-refractivity contribution in [2.24, 2.45) is 0 Å². The van der Waals surface area contributed by atoms with Crippen LogP contribution in [0.15, 0.2) is 42.5 Å². The zero-order valence-corrected chi connectivity index (χ0v) is 15.6. The summed E-state index contributed by atoms with van der Waals surface area (Å²) in [5.74, 6) is -0.232. The number of carbonyl (C=O) groups excluding carboxylic acids is 2. The summed E-state index contributed by atoms with van der Waals surface area (Å²) in [6.07, 6.45) is 2.10. The molecule has 1 aliphatic rings. The number of nitro groups is 1. The number of amides is 2. The van der Waals surface area contributed by atoms with Crippen molar-refractivity contribution in [3.05, 3.63) is 63.7 Å². The summed E-state index contributed by atoms with van der Waals surface area (Å²) in [6.45, 7) is 3.35. The smallest absolute Gasteiger partial charge is 0.269 e. The summed E-state index contributed by atoms with van der Waals surface area (Å²) in [7, 11) is 0. The lowest BCUT2D eigenvalue weighted by Crippen LogP contribution is -2.27. The molecule has 28 heavy (non-hydrogen) atoms. The van der Waals surface area contributed by atoms with Crippen LogP contribution in [-0.2, 0) is 4.79 Å². The Kier molecular flexibility index (Phi) is 5.88. The minimum atomic E-state index is -0.474. The van der Waals surface area contributed by atoms with Gasteiger partial charge in [0.15, 0.2) is 0 Å². The fourth-order valence-corrected chi connectivity index (χ4v) is 3.11. The van der Waals surface area contributed by atoms with Crippen molar-refractivity contribution < 1.29 is 14.5 Å². The third-order valence-corrected chi connectivity index (χ3v) is 4.67. The standard InChI is InChI=1S/C20H22N4O4/c1-14-12-17(24(27)28)8-9-18(14)22-19(25)13-21-16-6-4-15(5-7-16)20(26)23-10-2-3-11-23/h4-9,12,21H,2-3,10-11,13H2,1H3,(H,22,25). The third-order valence-electron chi connectivity index (χ3n) is 4.67. The van der Waals surface area contributed by atoms with E-state index in [1.54, 1.807) is 31.2 Å². The van der Waals surface area contributed by atoms with Gasteiger partial charge in [-0.25, -0.2) is 0 Å². The lowest BCUT2D eigenvalue weighted by Gasteiger charge is -2.15. The number of benzene rings is 2. The van der Waals surface area contributed by atoms with Crippen molar-refractivity contribution in [3.8, 4) is 0 Å². The lowest BCUT2D eigenvalue weighted by atomic mass is 10.1. The van der Waals surface area contributed by atoms with Crippen molar-refractivity contribution in [1.82, 2.24) is 4.90 Å². The lowest BCUT2D eigenvalue weighted by molar-refractivity contribution is -0.384. The van der Waals surface area contributed by atoms with E-state index in [-0.39, 0.29) is 24.0 Å². The van der Waals surface area contributed by atoms with Crippen LogP contribution in [0.5, 0.6) is 0 Å². The Hall–Kier alpha value is -3.42. The number of nitrogens with one attached hydrogen (secondary N) is 2. The second-order valence-electron chi connectivity index (χ2n) is 6.73. The van der Waals surface area contributed by atoms with Gasteiger partial charge < -0.3 is 15.5 Å². The van der Waals surface area contributed by atoms with Crippen molar-refractivity contribution >= 4 is 28.9 Å². The molecule has 1 saturated heterocycles. The Labute approximate surface area is 162 Å². The molecule has 8 heteroatoms. The fourth-order valence-electron chi connectivity index (χ4n) is 3.11. The molecule has 2 amide bonds. The zero-order valence-electron chi connectivity index (χ0n) is 15.6. The maximum Gasteiger partial charge on any atom is 0.269 e. The van der Waals surface area contributed by atoms with Gasteiger partial charge in [0.2, 0.25) is 5.91 Å². The average Bonchev–Trinajstić information content (AvgIpc) is 3.22. The fraction of sp³-hybridized carbons (Fsp3) is 0.300. The minimum absolute atomic E-state index is 0.0165. The molecule has 0 aliphatic carbocycles.